The van der Waals surface area contributed by atoms with Crippen molar-refractivity contribution in [3.63, 3.8) is 0 Å². The van der Waals surface area contributed by atoms with Crippen molar-refractivity contribution in [1.29, 1.82) is 0 Å². The third kappa shape index (κ3) is 2.91. The van der Waals surface area contributed by atoms with Gasteiger partial charge in [-0.2, -0.15) is 9.78 Å². The van der Waals surface area contributed by atoms with Crippen LogP contribution in [0.1, 0.15) is 11.4 Å². The largest absolute Gasteiger partial charge is 0.346 e. The molecule has 0 fully saturated rings. The third-order valence-corrected chi connectivity index (χ3v) is 3.45. The van der Waals surface area contributed by atoms with Crippen LogP contribution in [0.5, 0.6) is 0 Å². The predicted molar refractivity (Wildman–Crippen MR) is 88.0 cm³/mol. The van der Waals surface area contributed by atoms with E-state index in [1.807, 2.05) is 62.4 Å². The van der Waals surface area contributed by atoms with Crippen LogP contribution in [0.15, 0.2) is 60.7 Å². The summed E-state index contributed by atoms with van der Waals surface area (Å²) in [6.07, 6.45) is 0. The molecule has 0 saturated carbocycles. The number of nitrogens with one attached hydrogen (secondary N) is 1. The van der Waals surface area contributed by atoms with Crippen LogP contribution in [-0.4, -0.2) is 15.8 Å². The summed E-state index contributed by atoms with van der Waals surface area (Å²) in [4.78, 5) is 12.2. The van der Waals surface area contributed by atoms with Gasteiger partial charge in [0.2, 0.25) is 0 Å². The number of hydrogen-bond acceptors (Lipinski definition) is 2. The lowest BCUT2D eigenvalue weighted by atomic mass is 10.1. The second-order valence-corrected chi connectivity index (χ2v) is 5.21. The van der Waals surface area contributed by atoms with Crippen LogP contribution in [0, 0.1) is 13.8 Å². The highest BCUT2D eigenvalue weighted by Crippen LogP contribution is 2.21. The monoisotopic (exact) mass is 291 g/mol. The molecule has 1 aromatic heterocycles. The van der Waals surface area contributed by atoms with Crippen molar-refractivity contribution in [3.8, 4) is 11.1 Å². The van der Waals surface area contributed by atoms with Gasteiger partial charge in [0.15, 0.2) is 0 Å². The molecule has 0 saturated heterocycles. The molecule has 3 aromatic rings. The van der Waals surface area contributed by atoms with Crippen molar-refractivity contribution in [2.24, 2.45) is 0 Å². The van der Waals surface area contributed by atoms with Crippen molar-refractivity contribution >= 4 is 11.7 Å². The Morgan fingerprint density at radius 3 is 2.18 bits per heavy atom. The Kier molecular flexibility index (Phi) is 3.74. The first-order valence-corrected chi connectivity index (χ1v) is 7.13. The van der Waals surface area contributed by atoms with E-state index >= 15 is 0 Å². The molecule has 0 spiro atoms. The summed E-state index contributed by atoms with van der Waals surface area (Å²) < 4.78 is 1.38. The number of aromatic nitrogens is 2. The number of amides is 1. The minimum Gasteiger partial charge on any atom is -0.306 e. The lowest BCUT2D eigenvalue weighted by molar-refractivity contribution is 0.250. The molecule has 0 bridgehead atoms. The topological polar surface area (TPSA) is 46.9 Å². The van der Waals surface area contributed by atoms with Gasteiger partial charge in [-0.1, -0.05) is 42.5 Å². The predicted octanol–water partition coefficient (Wildman–Crippen LogP) is 4.25. The van der Waals surface area contributed by atoms with E-state index < -0.39 is 0 Å². The van der Waals surface area contributed by atoms with E-state index in [-0.39, 0.29) is 6.03 Å². The van der Waals surface area contributed by atoms with Crippen molar-refractivity contribution < 1.29 is 4.79 Å². The van der Waals surface area contributed by atoms with Gasteiger partial charge >= 0.3 is 6.03 Å². The third-order valence-electron chi connectivity index (χ3n) is 3.45. The zero-order chi connectivity index (χ0) is 15.5. The smallest absolute Gasteiger partial charge is 0.306 e. The molecule has 4 nitrogen and oxygen atoms in total. The van der Waals surface area contributed by atoms with Crippen molar-refractivity contribution in [2.45, 2.75) is 13.8 Å². The second kappa shape index (κ2) is 5.85. The van der Waals surface area contributed by atoms with E-state index in [1.165, 1.54) is 4.68 Å². The molecule has 0 aliphatic carbocycles. The number of nitrogens with zero attached hydrogens (tertiary/aromatic N) is 2. The van der Waals surface area contributed by atoms with Crippen LogP contribution in [-0.2, 0) is 0 Å². The molecule has 22 heavy (non-hydrogen) atoms. The van der Waals surface area contributed by atoms with Crippen molar-refractivity contribution in [1.82, 2.24) is 9.78 Å². The molecule has 2 aromatic carbocycles. The lowest BCUT2D eigenvalue weighted by Crippen LogP contribution is -2.21. The van der Waals surface area contributed by atoms with Crippen LogP contribution < -0.4 is 5.32 Å². The summed E-state index contributed by atoms with van der Waals surface area (Å²) >= 11 is 0. The quantitative estimate of drug-likeness (QED) is 0.767. The van der Waals surface area contributed by atoms with E-state index in [0.717, 1.165) is 28.2 Å². The number of hydrogen-bond donors (Lipinski definition) is 1. The number of carbonyl (C=O) groups is 1. The maximum absolute atomic E-state index is 12.2. The van der Waals surface area contributed by atoms with Gasteiger partial charge in [-0.15, -0.1) is 0 Å². The number of aryl methyl sites for hydroxylation is 2. The fraction of sp³-hybridized carbons (Fsp3) is 0.111. The van der Waals surface area contributed by atoms with Crippen molar-refractivity contribution in [2.75, 3.05) is 5.32 Å². The Labute approximate surface area is 129 Å². The Morgan fingerprint density at radius 2 is 1.59 bits per heavy atom. The van der Waals surface area contributed by atoms with Gasteiger partial charge in [0, 0.05) is 11.4 Å². The summed E-state index contributed by atoms with van der Waals surface area (Å²) in [5.41, 5.74) is 4.66. The number of carbonyl (C=O) groups excluding carboxylic acids is 1. The SMILES string of the molecule is Cc1cc(C)n(C(=O)Nc2ccc(-c3ccccc3)cc2)n1. The highest BCUT2D eigenvalue weighted by Gasteiger charge is 2.10. The Hall–Kier alpha value is -2.88. The minimum absolute atomic E-state index is 0.252. The van der Waals surface area contributed by atoms with E-state index in [4.69, 9.17) is 0 Å². The average Bonchev–Trinajstić information content (AvgIpc) is 2.88. The summed E-state index contributed by atoms with van der Waals surface area (Å²) in [5.74, 6) is 0. The summed E-state index contributed by atoms with van der Waals surface area (Å²) in [7, 11) is 0. The van der Waals surface area contributed by atoms with Gasteiger partial charge in [0.1, 0.15) is 0 Å². The minimum atomic E-state index is -0.252. The van der Waals surface area contributed by atoms with E-state index in [1.54, 1.807) is 0 Å². The Balaban J connectivity index is 1.76. The van der Waals surface area contributed by atoms with Gasteiger partial charge in [-0.25, -0.2) is 4.79 Å². The first kappa shape index (κ1) is 14.1. The molecule has 0 radical (unpaired) electrons. The van der Waals surface area contributed by atoms with E-state index in [2.05, 4.69) is 22.5 Å². The Bertz CT molecular complexity index is 789. The molecule has 0 atom stereocenters. The molecule has 0 aliphatic heterocycles. The van der Waals surface area contributed by atoms with Crippen LogP contribution in [0.2, 0.25) is 0 Å². The molecule has 110 valence electrons. The second-order valence-electron chi connectivity index (χ2n) is 5.21. The molecule has 0 aliphatic rings. The zero-order valence-electron chi connectivity index (χ0n) is 12.6. The molecule has 4 heteroatoms. The first-order chi connectivity index (χ1) is 10.6. The molecule has 1 amide bonds. The normalized spacial score (nSPS) is 10.5. The average molecular weight is 291 g/mol. The standard InChI is InChI=1S/C18H17N3O/c1-13-12-14(2)21(20-13)18(22)19-17-10-8-16(9-11-17)15-6-4-3-5-7-15/h3-12H,1-2H3,(H,19,22). The summed E-state index contributed by atoms with van der Waals surface area (Å²) in [6.45, 7) is 3.73. The fourth-order valence-corrected chi connectivity index (χ4v) is 2.39. The molecule has 1 N–H and O–H groups in total. The van der Waals surface area contributed by atoms with E-state index in [0.29, 0.717) is 0 Å². The van der Waals surface area contributed by atoms with Crippen LogP contribution in [0.3, 0.4) is 0 Å². The maximum atomic E-state index is 12.2. The maximum Gasteiger partial charge on any atom is 0.346 e. The first-order valence-electron chi connectivity index (χ1n) is 7.13. The highest BCUT2D eigenvalue weighted by atomic mass is 16.2. The Morgan fingerprint density at radius 1 is 0.955 bits per heavy atom. The summed E-state index contributed by atoms with van der Waals surface area (Å²) in [6, 6.07) is 19.5. The van der Waals surface area contributed by atoms with Gasteiger partial charge in [-0.3, -0.25) is 0 Å². The number of rotatable bonds is 2. The highest BCUT2D eigenvalue weighted by molar-refractivity contribution is 5.91. The van der Waals surface area contributed by atoms with Gasteiger partial charge in [0.05, 0.1) is 5.69 Å². The molecule has 3 rings (SSSR count). The van der Waals surface area contributed by atoms with Gasteiger partial charge in [-0.05, 0) is 43.2 Å². The summed E-state index contributed by atoms with van der Waals surface area (Å²) in [5, 5.41) is 7.03. The zero-order valence-corrected chi connectivity index (χ0v) is 12.6. The van der Waals surface area contributed by atoms with Crippen LogP contribution in [0.4, 0.5) is 10.5 Å². The number of benzene rings is 2. The fourth-order valence-electron chi connectivity index (χ4n) is 2.39. The van der Waals surface area contributed by atoms with E-state index in [9.17, 15) is 4.79 Å². The lowest BCUT2D eigenvalue weighted by Gasteiger charge is -2.07. The number of anilines is 1. The molecule has 0 unspecified atom stereocenters. The van der Waals surface area contributed by atoms with Crippen LogP contribution in [0.25, 0.3) is 11.1 Å². The van der Waals surface area contributed by atoms with Gasteiger partial charge in [0.25, 0.3) is 0 Å². The molecular formula is C18H17N3O. The van der Waals surface area contributed by atoms with Crippen LogP contribution >= 0.6 is 0 Å². The van der Waals surface area contributed by atoms with Crippen molar-refractivity contribution in [3.05, 3.63) is 72.1 Å². The van der Waals surface area contributed by atoms with Gasteiger partial charge < -0.3 is 5.32 Å². The molecular weight excluding hydrogens is 274 g/mol. The molecule has 1 heterocycles.